The lowest BCUT2D eigenvalue weighted by Gasteiger charge is -2.37. The first kappa shape index (κ1) is 18.8. The summed E-state index contributed by atoms with van der Waals surface area (Å²) >= 11 is 0. The van der Waals surface area contributed by atoms with E-state index in [-0.39, 0.29) is 5.91 Å². The van der Waals surface area contributed by atoms with E-state index in [0.29, 0.717) is 31.9 Å². The number of pyridine rings is 2. The van der Waals surface area contributed by atoms with Crippen LogP contribution in [0, 0.1) is 0 Å². The lowest BCUT2D eigenvalue weighted by molar-refractivity contribution is -0.181. The lowest BCUT2D eigenvalue weighted by atomic mass is 10.0. The van der Waals surface area contributed by atoms with Crippen LogP contribution in [0.25, 0.3) is 0 Å². The van der Waals surface area contributed by atoms with Gasteiger partial charge in [-0.05, 0) is 36.2 Å². The molecule has 4 heterocycles. The molecule has 0 N–H and O–H groups in total. The summed E-state index contributed by atoms with van der Waals surface area (Å²) < 4.78 is 11.5. The van der Waals surface area contributed by atoms with Crippen LogP contribution in [-0.2, 0) is 15.9 Å². The number of hydrogen-bond acceptors (Lipinski definition) is 6. The average Bonchev–Trinajstić information content (AvgIpc) is 3.21. The van der Waals surface area contributed by atoms with Crippen LogP contribution < -0.4 is 4.90 Å². The van der Waals surface area contributed by atoms with Gasteiger partial charge in [0.1, 0.15) is 5.82 Å². The van der Waals surface area contributed by atoms with E-state index in [2.05, 4.69) is 14.9 Å². The zero-order valence-corrected chi connectivity index (χ0v) is 16.2. The maximum absolute atomic E-state index is 12.8. The van der Waals surface area contributed by atoms with Crippen molar-refractivity contribution < 1.29 is 14.3 Å². The standard InChI is InChI=1S/C21H26N4O3/c1-24(11-6-17-4-9-22-10-5-17)19-3-2-18(16-23-19)20(26)25-12-7-21(8-13-25)27-14-15-28-21/h2-5,9-10,16H,6-8,11-15H2,1H3. The largest absolute Gasteiger partial charge is 0.359 e. The second kappa shape index (κ2) is 8.24. The summed E-state index contributed by atoms with van der Waals surface area (Å²) in [4.78, 5) is 25.3. The Morgan fingerprint density at radius 3 is 2.50 bits per heavy atom. The molecule has 0 saturated carbocycles. The molecule has 28 heavy (non-hydrogen) atoms. The number of anilines is 1. The number of carbonyl (C=O) groups is 1. The minimum Gasteiger partial charge on any atom is -0.359 e. The minimum absolute atomic E-state index is 0.0198. The minimum atomic E-state index is -0.462. The van der Waals surface area contributed by atoms with Gasteiger partial charge in [-0.3, -0.25) is 9.78 Å². The van der Waals surface area contributed by atoms with Crippen molar-refractivity contribution in [2.45, 2.75) is 25.0 Å². The van der Waals surface area contributed by atoms with E-state index in [1.165, 1.54) is 5.56 Å². The number of piperidine rings is 1. The summed E-state index contributed by atoms with van der Waals surface area (Å²) in [6.07, 6.45) is 7.65. The molecule has 1 spiro atoms. The van der Waals surface area contributed by atoms with Crippen molar-refractivity contribution >= 4 is 11.7 Å². The van der Waals surface area contributed by atoms with Crippen molar-refractivity contribution in [1.82, 2.24) is 14.9 Å². The van der Waals surface area contributed by atoms with Crippen LogP contribution in [0.2, 0.25) is 0 Å². The Balaban J connectivity index is 1.31. The van der Waals surface area contributed by atoms with Crippen molar-refractivity contribution in [3.8, 4) is 0 Å². The van der Waals surface area contributed by atoms with E-state index in [4.69, 9.17) is 9.47 Å². The number of rotatable bonds is 5. The van der Waals surface area contributed by atoms with Crippen LogP contribution in [0.15, 0.2) is 42.9 Å². The van der Waals surface area contributed by atoms with Crippen LogP contribution in [-0.4, -0.2) is 66.5 Å². The summed E-state index contributed by atoms with van der Waals surface area (Å²) in [6, 6.07) is 7.82. The molecule has 2 saturated heterocycles. The number of hydrogen-bond donors (Lipinski definition) is 0. The normalized spacial score (nSPS) is 18.4. The molecule has 0 radical (unpaired) electrons. The Kier molecular flexibility index (Phi) is 5.54. The first-order valence-corrected chi connectivity index (χ1v) is 9.79. The molecule has 7 heteroatoms. The Hall–Kier alpha value is -2.51. The molecule has 2 aliphatic rings. The van der Waals surface area contributed by atoms with Gasteiger partial charge < -0.3 is 19.3 Å². The second-order valence-corrected chi connectivity index (χ2v) is 7.33. The van der Waals surface area contributed by atoms with E-state index in [1.807, 2.05) is 36.2 Å². The number of likely N-dealkylation sites (N-methyl/N-ethyl adjacent to an activating group) is 1. The Morgan fingerprint density at radius 2 is 1.86 bits per heavy atom. The molecular weight excluding hydrogens is 356 g/mol. The molecule has 2 aromatic heterocycles. The summed E-state index contributed by atoms with van der Waals surface area (Å²) in [5.41, 5.74) is 1.86. The number of aromatic nitrogens is 2. The van der Waals surface area contributed by atoms with E-state index in [9.17, 15) is 4.79 Å². The van der Waals surface area contributed by atoms with Gasteiger partial charge in [-0.25, -0.2) is 4.98 Å². The third-order valence-corrected chi connectivity index (χ3v) is 5.50. The Morgan fingerprint density at radius 1 is 1.14 bits per heavy atom. The van der Waals surface area contributed by atoms with Gasteiger partial charge >= 0.3 is 0 Å². The molecular formula is C21H26N4O3. The van der Waals surface area contributed by atoms with Gasteiger partial charge in [0.15, 0.2) is 5.79 Å². The zero-order valence-electron chi connectivity index (χ0n) is 16.2. The predicted octanol–water partition coefficient (Wildman–Crippen LogP) is 2.13. The van der Waals surface area contributed by atoms with E-state index < -0.39 is 5.79 Å². The lowest BCUT2D eigenvalue weighted by Crippen LogP contribution is -2.47. The molecule has 1 amide bonds. The third-order valence-electron chi connectivity index (χ3n) is 5.50. The molecule has 2 aliphatic heterocycles. The molecule has 0 unspecified atom stereocenters. The zero-order chi connectivity index (χ0) is 19.4. The van der Waals surface area contributed by atoms with Crippen LogP contribution in [0.3, 0.4) is 0 Å². The van der Waals surface area contributed by atoms with Crippen LogP contribution in [0.1, 0.15) is 28.8 Å². The highest BCUT2D eigenvalue weighted by molar-refractivity contribution is 5.94. The SMILES string of the molecule is CN(CCc1ccncc1)c1ccc(C(=O)N2CCC3(CC2)OCCO3)cn1. The smallest absolute Gasteiger partial charge is 0.255 e. The predicted molar refractivity (Wildman–Crippen MR) is 105 cm³/mol. The quantitative estimate of drug-likeness (QED) is 0.789. The molecule has 0 aromatic carbocycles. The van der Waals surface area contributed by atoms with Crippen molar-refractivity contribution in [2.24, 2.45) is 0 Å². The first-order chi connectivity index (χ1) is 13.7. The molecule has 2 aromatic rings. The van der Waals surface area contributed by atoms with Crippen LogP contribution >= 0.6 is 0 Å². The van der Waals surface area contributed by atoms with Crippen molar-refractivity contribution in [1.29, 1.82) is 0 Å². The summed E-state index contributed by atoms with van der Waals surface area (Å²) in [7, 11) is 2.01. The van der Waals surface area contributed by atoms with Crippen molar-refractivity contribution in [2.75, 3.05) is 44.8 Å². The Labute approximate surface area is 165 Å². The van der Waals surface area contributed by atoms with E-state index >= 15 is 0 Å². The molecule has 7 nitrogen and oxygen atoms in total. The third kappa shape index (κ3) is 4.15. The number of ether oxygens (including phenoxy) is 2. The monoisotopic (exact) mass is 382 g/mol. The Bertz CT molecular complexity index is 781. The van der Waals surface area contributed by atoms with Crippen LogP contribution in [0.5, 0.6) is 0 Å². The van der Waals surface area contributed by atoms with Crippen LogP contribution in [0.4, 0.5) is 5.82 Å². The summed E-state index contributed by atoms with van der Waals surface area (Å²) in [5.74, 6) is 0.415. The van der Waals surface area contributed by atoms with E-state index in [1.54, 1.807) is 18.6 Å². The molecule has 4 rings (SSSR count). The molecule has 0 atom stereocenters. The molecule has 0 bridgehead atoms. The summed E-state index contributed by atoms with van der Waals surface area (Å²) in [6.45, 7) is 3.43. The maximum atomic E-state index is 12.8. The number of amides is 1. The fourth-order valence-corrected chi connectivity index (χ4v) is 3.72. The van der Waals surface area contributed by atoms with Gasteiger partial charge in [0, 0.05) is 58.1 Å². The van der Waals surface area contributed by atoms with Gasteiger partial charge in [-0.1, -0.05) is 0 Å². The molecule has 0 aliphatic carbocycles. The van der Waals surface area contributed by atoms with Crippen molar-refractivity contribution in [3.63, 3.8) is 0 Å². The fraction of sp³-hybridized carbons (Fsp3) is 0.476. The summed E-state index contributed by atoms with van der Waals surface area (Å²) in [5, 5.41) is 0. The van der Waals surface area contributed by atoms with E-state index in [0.717, 1.165) is 31.6 Å². The van der Waals surface area contributed by atoms with Gasteiger partial charge in [-0.2, -0.15) is 0 Å². The highest BCUT2D eigenvalue weighted by atomic mass is 16.7. The molecule has 2 fully saturated rings. The number of likely N-dealkylation sites (tertiary alicyclic amines) is 1. The van der Waals surface area contributed by atoms with Gasteiger partial charge in [0.2, 0.25) is 0 Å². The maximum Gasteiger partial charge on any atom is 0.255 e. The molecule has 148 valence electrons. The van der Waals surface area contributed by atoms with Gasteiger partial charge in [-0.15, -0.1) is 0 Å². The number of nitrogens with zero attached hydrogens (tertiary/aromatic N) is 4. The highest BCUT2D eigenvalue weighted by Crippen LogP contribution is 2.31. The second-order valence-electron chi connectivity index (χ2n) is 7.33. The van der Waals surface area contributed by atoms with Gasteiger partial charge in [0.25, 0.3) is 5.91 Å². The van der Waals surface area contributed by atoms with Crippen molar-refractivity contribution in [3.05, 3.63) is 54.0 Å². The topological polar surface area (TPSA) is 67.8 Å². The first-order valence-electron chi connectivity index (χ1n) is 9.79. The van der Waals surface area contributed by atoms with Gasteiger partial charge in [0.05, 0.1) is 18.8 Å². The average molecular weight is 382 g/mol. The highest BCUT2D eigenvalue weighted by Gasteiger charge is 2.40. The number of carbonyl (C=O) groups excluding carboxylic acids is 1. The fourth-order valence-electron chi connectivity index (χ4n) is 3.72.